The normalized spacial score (nSPS) is 18.6. The molecule has 0 saturated heterocycles. The Labute approximate surface area is 205 Å². The van der Waals surface area contributed by atoms with Gasteiger partial charge in [-0.3, -0.25) is 4.79 Å². The molecule has 9 nitrogen and oxygen atoms in total. The van der Waals surface area contributed by atoms with Crippen LogP contribution in [0, 0.1) is 6.92 Å². The summed E-state index contributed by atoms with van der Waals surface area (Å²) in [6.45, 7) is 1.42. The van der Waals surface area contributed by atoms with Gasteiger partial charge >= 0.3 is 12.4 Å². The van der Waals surface area contributed by atoms with Gasteiger partial charge in [-0.05, 0) is 41.8 Å². The summed E-state index contributed by atoms with van der Waals surface area (Å²) in [7, 11) is 0. The van der Waals surface area contributed by atoms with Gasteiger partial charge in [0.2, 0.25) is 5.82 Å². The SMILES string of the molecule is Cc1cnc(C2=C(c3nn[nH]n3)C(=O)NC(c3ccc(OCCCC(F)(F)F)cc3)(C(F)(F)F)C2)nc1. The lowest BCUT2D eigenvalue weighted by molar-refractivity contribution is -0.201. The maximum Gasteiger partial charge on any atom is 0.416 e. The van der Waals surface area contributed by atoms with Crippen molar-refractivity contribution < 1.29 is 35.9 Å². The van der Waals surface area contributed by atoms with Gasteiger partial charge in [0, 0.05) is 30.8 Å². The number of amides is 1. The average Bonchev–Trinajstić information content (AvgIpc) is 3.35. The van der Waals surface area contributed by atoms with E-state index in [0.29, 0.717) is 5.56 Å². The molecule has 1 aliphatic heterocycles. The predicted molar refractivity (Wildman–Crippen MR) is 115 cm³/mol. The molecule has 15 heteroatoms. The second kappa shape index (κ2) is 9.78. The molecule has 3 aromatic rings. The van der Waals surface area contributed by atoms with E-state index in [9.17, 15) is 31.1 Å². The quantitative estimate of drug-likeness (QED) is 0.353. The zero-order valence-corrected chi connectivity index (χ0v) is 19.1. The number of ether oxygens (including phenoxy) is 1. The van der Waals surface area contributed by atoms with Crippen LogP contribution in [0.4, 0.5) is 26.3 Å². The molecule has 1 amide bonds. The van der Waals surface area contributed by atoms with Crippen molar-refractivity contribution >= 4 is 17.1 Å². The maximum atomic E-state index is 14.7. The summed E-state index contributed by atoms with van der Waals surface area (Å²) in [5.74, 6) is -1.37. The minimum atomic E-state index is -4.98. The van der Waals surface area contributed by atoms with Crippen molar-refractivity contribution in [3.05, 3.63) is 59.4 Å². The van der Waals surface area contributed by atoms with Crippen LogP contribution in [-0.4, -0.2) is 55.5 Å². The monoisotopic (exact) mass is 527 g/mol. The molecular weight excluding hydrogens is 508 g/mol. The van der Waals surface area contributed by atoms with E-state index in [2.05, 4.69) is 35.9 Å². The molecule has 0 radical (unpaired) electrons. The van der Waals surface area contributed by atoms with Crippen LogP contribution < -0.4 is 10.1 Å². The van der Waals surface area contributed by atoms with E-state index in [-0.39, 0.29) is 47.1 Å². The number of rotatable bonds is 7. The largest absolute Gasteiger partial charge is 0.494 e. The van der Waals surface area contributed by atoms with Gasteiger partial charge in [0.1, 0.15) is 5.75 Å². The Kier molecular flexibility index (Phi) is 6.88. The van der Waals surface area contributed by atoms with Crippen molar-refractivity contribution in [2.24, 2.45) is 0 Å². The predicted octanol–water partition coefficient (Wildman–Crippen LogP) is 3.91. The molecule has 1 unspecified atom stereocenters. The number of hydrogen-bond donors (Lipinski definition) is 2. The fourth-order valence-electron chi connectivity index (χ4n) is 3.84. The number of carbonyl (C=O) groups is 1. The van der Waals surface area contributed by atoms with Crippen molar-refractivity contribution in [3.63, 3.8) is 0 Å². The van der Waals surface area contributed by atoms with Gasteiger partial charge in [-0.2, -0.15) is 31.6 Å². The average molecular weight is 527 g/mol. The lowest BCUT2D eigenvalue weighted by Crippen LogP contribution is -2.58. The first-order valence-corrected chi connectivity index (χ1v) is 10.8. The maximum absolute atomic E-state index is 14.7. The van der Waals surface area contributed by atoms with Crippen LogP contribution in [0.2, 0.25) is 0 Å². The highest BCUT2D eigenvalue weighted by Gasteiger charge is 2.60. The lowest BCUT2D eigenvalue weighted by Gasteiger charge is -2.40. The Morgan fingerprint density at radius 1 is 1.03 bits per heavy atom. The molecule has 0 spiro atoms. The summed E-state index contributed by atoms with van der Waals surface area (Å²) in [5.41, 5.74) is -2.96. The molecule has 4 rings (SSSR count). The fraction of sp³-hybridized carbons (Fsp3) is 0.364. The molecule has 0 aliphatic carbocycles. The van der Waals surface area contributed by atoms with Crippen molar-refractivity contribution in [1.82, 2.24) is 35.9 Å². The van der Waals surface area contributed by atoms with Gasteiger partial charge in [0.15, 0.2) is 11.4 Å². The summed E-state index contributed by atoms with van der Waals surface area (Å²) >= 11 is 0. The number of halogens is 6. The molecule has 1 aromatic carbocycles. The van der Waals surface area contributed by atoms with Crippen LogP contribution in [0.25, 0.3) is 11.1 Å². The zero-order valence-electron chi connectivity index (χ0n) is 19.1. The molecule has 0 saturated carbocycles. The van der Waals surface area contributed by atoms with Crippen LogP contribution in [-0.2, 0) is 10.3 Å². The van der Waals surface area contributed by atoms with Crippen LogP contribution in [0.15, 0.2) is 36.7 Å². The first-order valence-electron chi connectivity index (χ1n) is 10.8. The van der Waals surface area contributed by atoms with E-state index in [1.54, 1.807) is 6.92 Å². The molecule has 0 fully saturated rings. The van der Waals surface area contributed by atoms with Gasteiger partial charge in [0.05, 0.1) is 12.2 Å². The van der Waals surface area contributed by atoms with Gasteiger partial charge in [0.25, 0.3) is 5.91 Å². The number of aromatic nitrogens is 6. The van der Waals surface area contributed by atoms with Crippen LogP contribution in [0.3, 0.4) is 0 Å². The zero-order chi connectivity index (χ0) is 26.8. The fourth-order valence-corrected chi connectivity index (χ4v) is 3.84. The van der Waals surface area contributed by atoms with E-state index in [1.807, 2.05) is 0 Å². The number of alkyl halides is 6. The topological polar surface area (TPSA) is 119 Å². The highest BCUT2D eigenvalue weighted by atomic mass is 19.4. The van der Waals surface area contributed by atoms with Crippen molar-refractivity contribution in [2.75, 3.05) is 6.61 Å². The Bertz CT molecular complexity index is 1270. The first kappa shape index (κ1) is 26.0. The number of H-pyrrole nitrogens is 1. The molecule has 1 atom stereocenters. The van der Waals surface area contributed by atoms with Gasteiger partial charge in [-0.1, -0.05) is 12.1 Å². The number of carbonyl (C=O) groups excluding carboxylic acids is 1. The number of benzene rings is 1. The van der Waals surface area contributed by atoms with E-state index in [0.717, 1.165) is 12.1 Å². The van der Waals surface area contributed by atoms with Crippen molar-refractivity contribution in [3.8, 4) is 5.75 Å². The number of nitrogens with zero attached hydrogens (tertiary/aromatic N) is 5. The lowest BCUT2D eigenvalue weighted by atomic mass is 9.78. The Hall–Kier alpha value is -4.04. The molecule has 37 heavy (non-hydrogen) atoms. The van der Waals surface area contributed by atoms with Gasteiger partial charge in [-0.15, -0.1) is 10.2 Å². The van der Waals surface area contributed by atoms with Crippen LogP contribution in [0.5, 0.6) is 5.75 Å². The smallest absolute Gasteiger partial charge is 0.416 e. The minimum Gasteiger partial charge on any atom is -0.494 e. The number of nitrogens with one attached hydrogen (secondary N) is 2. The summed E-state index contributed by atoms with van der Waals surface area (Å²) in [6, 6.07) is 4.59. The molecule has 3 heterocycles. The molecule has 2 aromatic heterocycles. The number of tetrazole rings is 1. The third kappa shape index (κ3) is 5.54. The number of aryl methyl sites for hydroxylation is 1. The molecule has 196 valence electrons. The summed E-state index contributed by atoms with van der Waals surface area (Å²) in [5, 5.41) is 15.1. The van der Waals surface area contributed by atoms with E-state index >= 15 is 0 Å². The first-order chi connectivity index (χ1) is 17.4. The van der Waals surface area contributed by atoms with Gasteiger partial charge < -0.3 is 10.1 Å². The highest BCUT2D eigenvalue weighted by Crippen LogP contribution is 2.49. The van der Waals surface area contributed by atoms with E-state index < -0.39 is 36.6 Å². The van der Waals surface area contributed by atoms with Crippen LogP contribution >= 0.6 is 0 Å². The summed E-state index contributed by atoms with van der Waals surface area (Å²) < 4.78 is 86.1. The second-order valence-corrected chi connectivity index (χ2v) is 8.30. The molecule has 1 aliphatic rings. The molecule has 0 bridgehead atoms. The van der Waals surface area contributed by atoms with Crippen molar-refractivity contribution in [1.29, 1.82) is 0 Å². The van der Waals surface area contributed by atoms with Gasteiger partial charge in [-0.25, -0.2) is 9.97 Å². The van der Waals surface area contributed by atoms with E-state index in [4.69, 9.17) is 4.74 Å². The molecule has 2 N–H and O–H groups in total. The number of aromatic amines is 1. The van der Waals surface area contributed by atoms with E-state index in [1.165, 1.54) is 24.5 Å². The summed E-state index contributed by atoms with van der Waals surface area (Å²) in [6.07, 6.45) is -8.66. The van der Waals surface area contributed by atoms with Crippen LogP contribution in [0.1, 0.15) is 42.0 Å². The summed E-state index contributed by atoms with van der Waals surface area (Å²) in [4.78, 5) is 21.4. The second-order valence-electron chi connectivity index (χ2n) is 8.30. The minimum absolute atomic E-state index is 0.0792. The Morgan fingerprint density at radius 3 is 2.27 bits per heavy atom. The number of hydrogen-bond acceptors (Lipinski definition) is 7. The Balaban J connectivity index is 1.71. The Morgan fingerprint density at radius 2 is 1.70 bits per heavy atom. The highest BCUT2D eigenvalue weighted by molar-refractivity contribution is 6.27. The molecular formula is C22H19F6N7O2. The van der Waals surface area contributed by atoms with Crippen molar-refractivity contribution in [2.45, 2.75) is 44.1 Å². The third-order valence-electron chi connectivity index (χ3n) is 5.62. The third-order valence-corrected chi connectivity index (χ3v) is 5.62. The standard InChI is InChI=1S/C22H19F6N7O2/c1-12-10-29-17(30-11-12)15-9-20(22(26,27)28,31-19(36)16(15)18-32-34-35-33-18)13-3-5-14(6-4-13)37-8-2-7-21(23,24)25/h3-6,10-11H,2,7-9H2,1H3,(H,31,36)(H,32,33,34,35).